The lowest BCUT2D eigenvalue weighted by molar-refractivity contribution is -0.168. The van der Waals surface area contributed by atoms with Crippen molar-refractivity contribution < 1.29 is 19.1 Å². The van der Waals surface area contributed by atoms with Crippen LogP contribution in [0.2, 0.25) is 0 Å². The van der Waals surface area contributed by atoms with Crippen LogP contribution in [-0.4, -0.2) is 42.6 Å². The van der Waals surface area contributed by atoms with Gasteiger partial charge in [-0.2, -0.15) is 0 Å². The Morgan fingerprint density at radius 1 is 1.41 bits per heavy atom. The number of carbonyl (C=O) groups excluding carboxylic acids is 2. The number of hydrogen-bond acceptors (Lipinski definition) is 4. The van der Waals surface area contributed by atoms with Crippen LogP contribution in [0, 0.1) is 12.3 Å². The number of rotatable bonds is 6. The van der Waals surface area contributed by atoms with Crippen molar-refractivity contribution in [2.75, 3.05) is 13.7 Å². The van der Waals surface area contributed by atoms with Gasteiger partial charge in [0.1, 0.15) is 6.04 Å². The summed E-state index contributed by atoms with van der Waals surface area (Å²) in [6, 6.07) is 9.15. The van der Waals surface area contributed by atoms with E-state index in [4.69, 9.17) is 11.2 Å². The summed E-state index contributed by atoms with van der Waals surface area (Å²) < 4.78 is 10.1. The zero-order valence-electron chi connectivity index (χ0n) is 12.3. The smallest absolute Gasteiger partial charge is 0.330 e. The lowest BCUT2D eigenvalue weighted by atomic mass is 9.98. The van der Waals surface area contributed by atoms with Gasteiger partial charge in [0.2, 0.25) is 0 Å². The first-order valence-corrected chi connectivity index (χ1v) is 6.84. The van der Waals surface area contributed by atoms with Crippen LogP contribution >= 0.6 is 0 Å². The molecule has 0 spiro atoms. The maximum atomic E-state index is 12.1. The number of β-lactam (4-membered cyclic amide) rings is 1. The number of terminal acetylenes is 1. The van der Waals surface area contributed by atoms with Crippen molar-refractivity contribution in [1.82, 2.24) is 4.90 Å². The molecule has 1 fully saturated rings. The van der Waals surface area contributed by atoms with Crippen LogP contribution in [0.4, 0.5) is 0 Å². The molecular formula is C17H17NO4. The third-order valence-electron chi connectivity index (χ3n) is 3.35. The van der Waals surface area contributed by atoms with E-state index in [9.17, 15) is 9.59 Å². The molecule has 0 N–H and O–H groups in total. The highest BCUT2D eigenvalue weighted by Crippen LogP contribution is 2.23. The molecule has 2 atom stereocenters. The zero-order valence-corrected chi connectivity index (χ0v) is 12.3. The van der Waals surface area contributed by atoms with Crippen LogP contribution < -0.4 is 0 Å². The standard InChI is InChI=1S/C17H17NO4/c1-3-14-16(22-12-13-8-5-4-6-9-13)17(20)18(14)11-7-10-15(19)21-2/h1,4-10,14,16H,11-12H2,2H3/b10-7+/t14-,16+/m1/s1. The van der Waals surface area contributed by atoms with E-state index in [1.54, 1.807) is 6.08 Å². The number of amides is 1. The lowest BCUT2D eigenvalue weighted by Crippen LogP contribution is -2.64. The summed E-state index contributed by atoms with van der Waals surface area (Å²) in [5.41, 5.74) is 0.982. The van der Waals surface area contributed by atoms with Crippen LogP contribution in [0.5, 0.6) is 0 Å². The summed E-state index contributed by atoms with van der Waals surface area (Å²) in [6.07, 6.45) is 7.64. The van der Waals surface area contributed by atoms with Gasteiger partial charge in [-0.15, -0.1) is 6.42 Å². The number of nitrogens with zero attached hydrogens (tertiary/aromatic N) is 1. The molecule has 0 unspecified atom stereocenters. The number of likely N-dealkylation sites (tertiary alicyclic amines) is 1. The number of carbonyl (C=O) groups is 2. The molecule has 1 saturated heterocycles. The van der Waals surface area contributed by atoms with Crippen LogP contribution in [0.15, 0.2) is 42.5 Å². The lowest BCUT2D eigenvalue weighted by Gasteiger charge is -2.43. The van der Waals surface area contributed by atoms with Crippen molar-refractivity contribution in [3.63, 3.8) is 0 Å². The molecular weight excluding hydrogens is 282 g/mol. The van der Waals surface area contributed by atoms with E-state index < -0.39 is 18.1 Å². The second-order valence-corrected chi connectivity index (χ2v) is 4.74. The summed E-state index contributed by atoms with van der Waals surface area (Å²) >= 11 is 0. The SMILES string of the molecule is C#C[C@@H]1[C@H](OCc2ccccc2)C(=O)N1C/C=C/C(=O)OC. The van der Waals surface area contributed by atoms with Gasteiger partial charge in [-0.3, -0.25) is 4.79 Å². The van der Waals surface area contributed by atoms with Crippen molar-refractivity contribution in [2.45, 2.75) is 18.8 Å². The molecule has 114 valence electrons. The Labute approximate surface area is 129 Å². The molecule has 1 aromatic rings. The van der Waals surface area contributed by atoms with Gasteiger partial charge in [-0.1, -0.05) is 42.3 Å². The molecule has 2 rings (SSSR count). The molecule has 1 amide bonds. The summed E-state index contributed by atoms with van der Waals surface area (Å²) in [4.78, 5) is 24.5. The topological polar surface area (TPSA) is 55.8 Å². The number of ether oxygens (including phenoxy) is 2. The predicted molar refractivity (Wildman–Crippen MR) is 80.5 cm³/mol. The third-order valence-corrected chi connectivity index (χ3v) is 3.35. The van der Waals surface area contributed by atoms with E-state index in [0.29, 0.717) is 6.61 Å². The third kappa shape index (κ3) is 3.54. The molecule has 0 saturated carbocycles. The second-order valence-electron chi connectivity index (χ2n) is 4.74. The minimum Gasteiger partial charge on any atom is -0.466 e. The molecule has 0 aromatic heterocycles. The fourth-order valence-electron chi connectivity index (χ4n) is 2.15. The minimum absolute atomic E-state index is 0.173. The summed E-state index contributed by atoms with van der Waals surface area (Å²) in [5.74, 6) is 1.91. The molecule has 22 heavy (non-hydrogen) atoms. The maximum absolute atomic E-state index is 12.1. The highest BCUT2D eigenvalue weighted by atomic mass is 16.5. The fraction of sp³-hybridized carbons (Fsp3) is 0.294. The Morgan fingerprint density at radius 2 is 2.14 bits per heavy atom. The van der Waals surface area contributed by atoms with Gasteiger partial charge in [-0.25, -0.2) is 4.79 Å². The molecule has 5 nitrogen and oxygen atoms in total. The van der Waals surface area contributed by atoms with Crippen molar-refractivity contribution in [3.05, 3.63) is 48.0 Å². The van der Waals surface area contributed by atoms with E-state index in [1.807, 2.05) is 30.3 Å². The monoisotopic (exact) mass is 299 g/mol. The second kappa shape index (κ2) is 7.43. The largest absolute Gasteiger partial charge is 0.466 e. The quantitative estimate of drug-likeness (QED) is 0.342. The minimum atomic E-state index is -0.628. The summed E-state index contributed by atoms with van der Waals surface area (Å²) in [6.45, 7) is 0.593. The zero-order chi connectivity index (χ0) is 15.9. The van der Waals surface area contributed by atoms with E-state index in [2.05, 4.69) is 10.7 Å². The first kappa shape index (κ1) is 15.8. The van der Waals surface area contributed by atoms with Crippen LogP contribution in [0.25, 0.3) is 0 Å². The van der Waals surface area contributed by atoms with Crippen LogP contribution in [0.3, 0.4) is 0 Å². The Kier molecular flexibility index (Phi) is 5.34. The number of methoxy groups -OCH3 is 1. The normalized spacial score (nSPS) is 20.5. The fourth-order valence-corrected chi connectivity index (χ4v) is 2.15. The Hall–Kier alpha value is -2.58. The first-order valence-electron chi connectivity index (χ1n) is 6.84. The summed E-state index contributed by atoms with van der Waals surface area (Å²) in [7, 11) is 1.29. The van der Waals surface area contributed by atoms with Gasteiger partial charge in [0.05, 0.1) is 13.7 Å². The molecule has 0 radical (unpaired) electrons. The molecule has 1 aromatic carbocycles. The van der Waals surface area contributed by atoms with Crippen molar-refractivity contribution in [3.8, 4) is 12.3 Å². The molecule has 1 aliphatic heterocycles. The molecule has 1 aliphatic rings. The Bertz CT molecular complexity index is 603. The van der Waals surface area contributed by atoms with Gasteiger partial charge in [-0.05, 0) is 5.56 Å². The molecule has 0 aliphatic carbocycles. The van der Waals surface area contributed by atoms with Crippen molar-refractivity contribution in [1.29, 1.82) is 0 Å². The van der Waals surface area contributed by atoms with Gasteiger partial charge < -0.3 is 14.4 Å². The Balaban J connectivity index is 1.87. The highest BCUT2D eigenvalue weighted by Gasteiger charge is 2.46. The summed E-state index contributed by atoms with van der Waals surface area (Å²) in [5, 5.41) is 0. The molecule has 0 bridgehead atoms. The average Bonchev–Trinajstić information content (AvgIpc) is 2.56. The van der Waals surface area contributed by atoms with Gasteiger partial charge in [0.25, 0.3) is 5.91 Å². The molecule has 1 heterocycles. The number of esters is 1. The van der Waals surface area contributed by atoms with E-state index in [1.165, 1.54) is 18.1 Å². The van der Waals surface area contributed by atoms with E-state index in [-0.39, 0.29) is 12.5 Å². The maximum Gasteiger partial charge on any atom is 0.330 e. The van der Waals surface area contributed by atoms with Gasteiger partial charge >= 0.3 is 5.97 Å². The first-order chi connectivity index (χ1) is 10.7. The number of hydrogen-bond donors (Lipinski definition) is 0. The highest BCUT2D eigenvalue weighted by molar-refractivity contribution is 5.90. The Morgan fingerprint density at radius 3 is 2.77 bits per heavy atom. The van der Waals surface area contributed by atoms with Gasteiger partial charge in [0.15, 0.2) is 6.10 Å². The average molecular weight is 299 g/mol. The van der Waals surface area contributed by atoms with Crippen LogP contribution in [-0.2, 0) is 25.7 Å². The molecule has 5 heteroatoms. The van der Waals surface area contributed by atoms with E-state index in [0.717, 1.165) is 5.56 Å². The van der Waals surface area contributed by atoms with Gasteiger partial charge in [0, 0.05) is 12.6 Å². The van der Waals surface area contributed by atoms with Crippen molar-refractivity contribution in [2.24, 2.45) is 0 Å². The van der Waals surface area contributed by atoms with Crippen LogP contribution in [0.1, 0.15) is 5.56 Å². The van der Waals surface area contributed by atoms with E-state index >= 15 is 0 Å². The predicted octanol–water partition coefficient (Wildman–Crippen LogP) is 1.15. The number of benzene rings is 1. The van der Waals surface area contributed by atoms with Crippen molar-refractivity contribution >= 4 is 11.9 Å².